The Morgan fingerprint density at radius 2 is 2.23 bits per heavy atom. The molecule has 1 aromatic heterocycles. The maximum Gasteiger partial charge on any atom is 0.281 e. The summed E-state index contributed by atoms with van der Waals surface area (Å²) in [5, 5.41) is 8.54. The highest BCUT2D eigenvalue weighted by molar-refractivity contribution is 9.10. The highest BCUT2D eigenvalue weighted by atomic mass is 79.9. The van der Waals surface area contributed by atoms with Gasteiger partial charge in [0.25, 0.3) is 6.43 Å². The molecule has 1 heterocycles. The maximum absolute atomic E-state index is 12.3. The van der Waals surface area contributed by atoms with Gasteiger partial charge in [0.15, 0.2) is 0 Å². The Morgan fingerprint density at radius 3 is 2.69 bits per heavy atom. The van der Waals surface area contributed by atoms with Crippen LogP contribution in [0.5, 0.6) is 0 Å². The molecule has 0 aliphatic carbocycles. The number of pyridine rings is 1. The van der Waals surface area contributed by atoms with Gasteiger partial charge in [-0.2, -0.15) is 5.26 Å². The van der Waals surface area contributed by atoms with E-state index in [1.165, 1.54) is 6.07 Å². The maximum atomic E-state index is 12.3. The van der Waals surface area contributed by atoms with Crippen LogP contribution in [0.2, 0.25) is 0 Å². The fourth-order valence-corrected chi connectivity index (χ4v) is 1.17. The van der Waals surface area contributed by atoms with Gasteiger partial charge in [-0.05, 0) is 28.9 Å². The second-order valence-corrected chi connectivity index (χ2v) is 3.26. The third-order valence-electron chi connectivity index (χ3n) is 1.51. The van der Waals surface area contributed by atoms with Crippen LogP contribution in [-0.4, -0.2) is 4.98 Å². The summed E-state index contributed by atoms with van der Waals surface area (Å²) in [5.74, 6) is 0. The quantitative estimate of drug-likeness (QED) is 0.764. The molecule has 0 aromatic carbocycles. The molecule has 13 heavy (non-hydrogen) atoms. The van der Waals surface area contributed by atoms with Crippen molar-refractivity contribution in [3.05, 3.63) is 27.5 Å². The molecule has 0 saturated heterocycles. The third-order valence-corrected chi connectivity index (χ3v) is 2.31. The van der Waals surface area contributed by atoms with E-state index in [4.69, 9.17) is 5.26 Å². The van der Waals surface area contributed by atoms with Crippen LogP contribution in [0.25, 0.3) is 0 Å². The molecular formula is C8H5BrF2N2. The molecule has 0 spiro atoms. The smallest absolute Gasteiger partial charge is 0.250 e. The van der Waals surface area contributed by atoms with Crippen LogP contribution in [0.3, 0.4) is 0 Å². The first-order valence-electron chi connectivity index (χ1n) is 3.41. The van der Waals surface area contributed by atoms with E-state index in [2.05, 4.69) is 20.9 Å². The first-order chi connectivity index (χ1) is 6.06. The van der Waals surface area contributed by atoms with Gasteiger partial charge in [-0.3, -0.25) is 0 Å². The minimum atomic E-state index is -2.71. The molecule has 0 amide bonds. The zero-order valence-electron chi connectivity index (χ0n) is 6.68. The van der Waals surface area contributed by atoms with E-state index >= 15 is 0 Å². The van der Waals surface area contributed by atoms with Crippen LogP contribution in [0.1, 0.15) is 23.4 Å². The molecule has 2 nitrogen and oxygen atoms in total. The van der Waals surface area contributed by atoms with Gasteiger partial charge in [0.2, 0.25) is 0 Å². The van der Waals surface area contributed by atoms with Crippen LogP contribution in [0.4, 0.5) is 8.78 Å². The van der Waals surface area contributed by atoms with E-state index in [9.17, 15) is 8.78 Å². The van der Waals surface area contributed by atoms with Gasteiger partial charge in [0.05, 0.1) is 11.3 Å². The second kappa shape index (κ2) is 3.79. The summed E-state index contributed by atoms with van der Waals surface area (Å²) in [5.41, 5.74) is -0.0926. The van der Waals surface area contributed by atoms with Crippen molar-refractivity contribution in [1.29, 1.82) is 5.26 Å². The zero-order chi connectivity index (χ0) is 10.0. The van der Waals surface area contributed by atoms with Crippen LogP contribution in [0.15, 0.2) is 10.5 Å². The minimum Gasteiger partial charge on any atom is -0.250 e. The van der Waals surface area contributed by atoms with Crippen molar-refractivity contribution in [3.63, 3.8) is 0 Å². The van der Waals surface area contributed by atoms with Crippen molar-refractivity contribution in [3.8, 4) is 6.07 Å². The Hall–Kier alpha value is -1.02. The van der Waals surface area contributed by atoms with E-state index in [-0.39, 0.29) is 5.56 Å². The fraction of sp³-hybridized carbons (Fsp3) is 0.250. The van der Waals surface area contributed by atoms with Gasteiger partial charge >= 0.3 is 0 Å². The number of hydrogen-bond acceptors (Lipinski definition) is 2. The van der Waals surface area contributed by atoms with Crippen molar-refractivity contribution < 1.29 is 8.78 Å². The third kappa shape index (κ3) is 2.01. The van der Waals surface area contributed by atoms with E-state index in [1.807, 2.05) is 0 Å². The van der Waals surface area contributed by atoms with E-state index < -0.39 is 12.1 Å². The lowest BCUT2D eigenvalue weighted by Crippen LogP contribution is -1.98. The lowest BCUT2D eigenvalue weighted by molar-refractivity contribution is 0.145. The molecule has 0 saturated carbocycles. The van der Waals surface area contributed by atoms with Crippen LogP contribution in [0, 0.1) is 18.3 Å². The Morgan fingerprint density at radius 1 is 1.62 bits per heavy atom. The molecule has 1 aromatic rings. The van der Waals surface area contributed by atoms with Crippen molar-refractivity contribution in [2.75, 3.05) is 0 Å². The summed E-state index contributed by atoms with van der Waals surface area (Å²) < 4.78 is 25.2. The summed E-state index contributed by atoms with van der Waals surface area (Å²) in [6, 6.07) is 3.02. The Balaban J connectivity index is 3.35. The van der Waals surface area contributed by atoms with Gasteiger partial charge in [-0.1, -0.05) is 0 Å². The number of halogens is 3. The Kier molecular flexibility index (Phi) is 2.94. The molecule has 0 N–H and O–H groups in total. The topological polar surface area (TPSA) is 36.7 Å². The number of nitriles is 1. The molecule has 0 atom stereocenters. The largest absolute Gasteiger partial charge is 0.281 e. The molecule has 0 bridgehead atoms. The average Bonchev–Trinajstić information content (AvgIpc) is 2.08. The SMILES string of the molecule is Cc1nc(C(F)F)c(C#N)cc1Br. The lowest BCUT2D eigenvalue weighted by Gasteiger charge is -2.04. The van der Waals surface area contributed by atoms with Gasteiger partial charge in [0.1, 0.15) is 11.8 Å². The predicted octanol–water partition coefficient (Wildman–Crippen LogP) is 2.96. The molecule has 0 aliphatic rings. The molecule has 1 rings (SSSR count). The number of rotatable bonds is 1. The predicted molar refractivity (Wildman–Crippen MR) is 46.3 cm³/mol. The first-order valence-corrected chi connectivity index (χ1v) is 4.21. The van der Waals surface area contributed by atoms with Gasteiger partial charge < -0.3 is 0 Å². The van der Waals surface area contributed by atoms with Crippen molar-refractivity contribution in [1.82, 2.24) is 4.98 Å². The second-order valence-electron chi connectivity index (χ2n) is 2.40. The molecule has 0 unspecified atom stereocenters. The molecule has 68 valence electrons. The van der Waals surface area contributed by atoms with Gasteiger partial charge in [-0.15, -0.1) is 0 Å². The molecule has 5 heteroatoms. The van der Waals surface area contributed by atoms with E-state index in [0.29, 0.717) is 10.2 Å². The molecular weight excluding hydrogens is 242 g/mol. The van der Waals surface area contributed by atoms with Crippen LogP contribution in [-0.2, 0) is 0 Å². The normalized spacial score (nSPS) is 10.2. The van der Waals surface area contributed by atoms with E-state index in [1.54, 1.807) is 13.0 Å². The van der Waals surface area contributed by atoms with Crippen LogP contribution < -0.4 is 0 Å². The summed E-state index contributed by atoms with van der Waals surface area (Å²) >= 11 is 3.11. The monoisotopic (exact) mass is 246 g/mol. The first kappa shape index (κ1) is 10.1. The van der Waals surface area contributed by atoms with Gasteiger partial charge in [0, 0.05) is 4.47 Å². The number of aromatic nitrogens is 1. The summed E-state index contributed by atoms with van der Waals surface area (Å²) in [4.78, 5) is 3.62. The van der Waals surface area contributed by atoms with E-state index in [0.717, 1.165) is 0 Å². The van der Waals surface area contributed by atoms with Crippen LogP contribution >= 0.6 is 15.9 Å². The highest BCUT2D eigenvalue weighted by Gasteiger charge is 2.16. The highest BCUT2D eigenvalue weighted by Crippen LogP contribution is 2.24. The standard InChI is InChI=1S/C8H5BrF2N2/c1-4-6(9)2-5(3-12)7(13-4)8(10)11/h2,8H,1H3. The number of alkyl halides is 2. The van der Waals surface area contributed by atoms with Gasteiger partial charge in [-0.25, -0.2) is 13.8 Å². The number of hydrogen-bond donors (Lipinski definition) is 0. The van der Waals surface area contributed by atoms with Crippen molar-refractivity contribution in [2.24, 2.45) is 0 Å². The Labute approximate surface area is 82.3 Å². The summed E-state index contributed by atoms with van der Waals surface area (Å²) in [6.45, 7) is 1.59. The molecule has 0 fully saturated rings. The zero-order valence-corrected chi connectivity index (χ0v) is 8.27. The van der Waals surface area contributed by atoms with Crippen molar-refractivity contribution in [2.45, 2.75) is 13.3 Å². The molecule has 0 aliphatic heterocycles. The minimum absolute atomic E-state index is 0.0903. The average molecular weight is 247 g/mol. The Bertz CT molecular complexity index is 371. The molecule has 0 radical (unpaired) electrons. The number of aryl methyl sites for hydroxylation is 1. The summed E-state index contributed by atoms with van der Waals surface area (Å²) in [6.07, 6.45) is -2.71. The lowest BCUT2D eigenvalue weighted by atomic mass is 10.2. The summed E-state index contributed by atoms with van der Waals surface area (Å²) in [7, 11) is 0. The fourth-order valence-electron chi connectivity index (χ4n) is 0.855. The van der Waals surface area contributed by atoms with Crippen molar-refractivity contribution >= 4 is 15.9 Å². The number of nitrogens with zero attached hydrogens (tertiary/aromatic N) is 2.